The minimum Gasteiger partial charge on any atom is -0.333 e. The summed E-state index contributed by atoms with van der Waals surface area (Å²) in [6.07, 6.45) is 2.80. The van der Waals surface area contributed by atoms with Crippen LogP contribution in [0, 0.1) is 0 Å². The fourth-order valence-electron chi connectivity index (χ4n) is 1.38. The molecule has 0 saturated heterocycles. The first kappa shape index (κ1) is 15.2. The molecule has 94 valence electrons. The normalized spacial score (nSPS) is 13.3. The highest BCUT2D eigenvalue weighted by Crippen LogP contribution is 2.12. The Kier molecular flexibility index (Phi) is 6.34. The topological polar surface area (TPSA) is 32.3 Å². The second kappa shape index (κ2) is 6.69. The summed E-state index contributed by atoms with van der Waals surface area (Å²) in [5.41, 5.74) is -0.150. The smallest absolute Gasteiger partial charge is 0.237 e. The van der Waals surface area contributed by atoms with Crippen molar-refractivity contribution in [3.05, 3.63) is 12.7 Å². The zero-order chi connectivity index (χ0) is 12.8. The number of nitrogens with one attached hydrogen (secondary N) is 1. The molecule has 0 aliphatic carbocycles. The average molecular weight is 226 g/mol. The number of hydrogen-bond donors (Lipinski definition) is 1. The maximum atomic E-state index is 12.0. The lowest BCUT2D eigenvalue weighted by Gasteiger charge is -2.35. The van der Waals surface area contributed by atoms with Crippen LogP contribution in [0.4, 0.5) is 0 Å². The molecule has 0 aromatic heterocycles. The molecule has 0 rings (SSSR count). The number of amides is 1. The monoisotopic (exact) mass is 226 g/mol. The minimum atomic E-state index is -0.150. The zero-order valence-corrected chi connectivity index (χ0v) is 11.3. The Balaban J connectivity index is 4.34. The zero-order valence-electron chi connectivity index (χ0n) is 11.3. The van der Waals surface area contributed by atoms with Crippen LogP contribution in [0.1, 0.15) is 41.0 Å². The Morgan fingerprint density at radius 2 is 2.06 bits per heavy atom. The van der Waals surface area contributed by atoms with Gasteiger partial charge in [-0.2, -0.15) is 0 Å². The van der Waals surface area contributed by atoms with E-state index >= 15 is 0 Å². The van der Waals surface area contributed by atoms with E-state index in [-0.39, 0.29) is 11.4 Å². The Morgan fingerprint density at radius 1 is 1.50 bits per heavy atom. The third-order valence-electron chi connectivity index (χ3n) is 2.64. The van der Waals surface area contributed by atoms with Crippen LogP contribution in [0.5, 0.6) is 0 Å². The quantitative estimate of drug-likeness (QED) is 0.704. The molecule has 0 aromatic carbocycles. The molecule has 0 bridgehead atoms. The molecule has 1 N–H and O–H groups in total. The predicted octanol–water partition coefficient (Wildman–Crippen LogP) is 2.19. The lowest BCUT2D eigenvalue weighted by atomic mass is 10.1. The second-order valence-electron chi connectivity index (χ2n) is 5.15. The van der Waals surface area contributed by atoms with Crippen molar-refractivity contribution >= 4 is 5.91 Å². The third-order valence-corrected chi connectivity index (χ3v) is 2.64. The molecule has 3 heteroatoms. The molecular weight excluding hydrogens is 200 g/mol. The molecule has 0 aromatic rings. The fraction of sp³-hybridized carbons (Fsp3) is 0.769. The molecule has 1 unspecified atom stereocenters. The van der Waals surface area contributed by atoms with Crippen LogP contribution in [-0.4, -0.2) is 35.5 Å². The van der Waals surface area contributed by atoms with Gasteiger partial charge in [0.25, 0.3) is 0 Å². The standard InChI is InChI=1S/C13H26N2O/c1-7-9-15(13(4,5)6)12(16)10-14-11(3)8-2/h7,11,14H,1,8-10H2,2-6H3. The lowest BCUT2D eigenvalue weighted by molar-refractivity contribution is -0.134. The summed E-state index contributed by atoms with van der Waals surface area (Å²) in [6, 6.07) is 0.384. The number of hydrogen-bond acceptors (Lipinski definition) is 2. The Morgan fingerprint density at radius 3 is 2.44 bits per heavy atom. The molecule has 1 amide bonds. The molecule has 0 aliphatic rings. The van der Waals surface area contributed by atoms with Gasteiger partial charge in [0, 0.05) is 18.1 Å². The highest BCUT2D eigenvalue weighted by Gasteiger charge is 2.24. The number of carbonyl (C=O) groups is 1. The van der Waals surface area contributed by atoms with Crippen molar-refractivity contribution in [1.82, 2.24) is 10.2 Å². The molecule has 0 fully saturated rings. The second-order valence-corrected chi connectivity index (χ2v) is 5.15. The molecule has 0 radical (unpaired) electrons. The van der Waals surface area contributed by atoms with Crippen molar-refractivity contribution in [2.75, 3.05) is 13.1 Å². The highest BCUT2D eigenvalue weighted by atomic mass is 16.2. The van der Waals surface area contributed by atoms with E-state index in [2.05, 4.69) is 25.7 Å². The maximum absolute atomic E-state index is 12.0. The largest absolute Gasteiger partial charge is 0.333 e. The molecule has 3 nitrogen and oxygen atoms in total. The molecular formula is C13H26N2O. The van der Waals surface area contributed by atoms with Crippen LogP contribution in [0.25, 0.3) is 0 Å². The van der Waals surface area contributed by atoms with Gasteiger partial charge >= 0.3 is 0 Å². The first-order valence-corrected chi connectivity index (χ1v) is 5.97. The van der Waals surface area contributed by atoms with Gasteiger partial charge in [-0.3, -0.25) is 4.79 Å². The van der Waals surface area contributed by atoms with Gasteiger partial charge in [-0.25, -0.2) is 0 Å². The van der Waals surface area contributed by atoms with Gasteiger partial charge < -0.3 is 10.2 Å². The van der Waals surface area contributed by atoms with Gasteiger partial charge in [0.15, 0.2) is 0 Å². The first-order chi connectivity index (χ1) is 7.32. The van der Waals surface area contributed by atoms with Crippen molar-refractivity contribution in [3.63, 3.8) is 0 Å². The summed E-state index contributed by atoms with van der Waals surface area (Å²) >= 11 is 0. The van der Waals surface area contributed by atoms with E-state index in [0.29, 0.717) is 19.1 Å². The van der Waals surface area contributed by atoms with Crippen LogP contribution in [0.15, 0.2) is 12.7 Å². The molecule has 0 heterocycles. The summed E-state index contributed by atoms with van der Waals surface area (Å²) in [6.45, 7) is 15.0. The van der Waals surface area contributed by atoms with Gasteiger partial charge in [-0.05, 0) is 34.1 Å². The molecule has 1 atom stereocenters. The first-order valence-electron chi connectivity index (χ1n) is 5.97. The lowest BCUT2D eigenvalue weighted by Crippen LogP contribution is -2.49. The summed E-state index contributed by atoms with van der Waals surface area (Å²) in [7, 11) is 0. The summed E-state index contributed by atoms with van der Waals surface area (Å²) in [5, 5.41) is 3.22. The van der Waals surface area contributed by atoms with E-state index in [9.17, 15) is 4.79 Å². The Labute approximate surface area is 99.9 Å². The summed E-state index contributed by atoms with van der Waals surface area (Å²) < 4.78 is 0. The van der Waals surface area contributed by atoms with Crippen molar-refractivity contribution in [1.29, 1.82) is 0 Å². The van der Waals surface area contributed by atoms with Crippen molar-refractivity contribution in [2.45, 2.75) is 52.6 Å². The average Bonchev–Trinajstić information content (AvgIpc) is 2.20. The molecule has 0 aliphatic heterocycles. The van der Waals surface area contributed by atoms with Gasteiger partial charge in [0.2, 0.25) is 5.91 Å². The van der Waals surface area contributed by atoms with Gasteiger partial charge in [-0.15, -0.1) is 6.58 Å². The van der Waals surface area contributed by atoms with E-state index in [1.807, 2.05) is 25.7 Å². The van der Waals surface area contributed by atoms with Gasteiger partial charge in [0.1, 0.15) is 0 Å². The molecule has 16 heavy (non-hydrogen) atoms. The van der Waals surface area contributed by atoms with Crippen LogP contribution < -0.4 is 5.32 Å². The third kappa shape index (κ3) is 5.31. The van der Waals surface area contributed by atoms with E-state index in [1.165, 1.54) is 0 Å². The predicted molar refractivity (Wildman–Crippen MR) is 69.4 cm³/mol. The van der Waals surface area contributed by atoms with E-state index < -0.39 is 0 Å². The van der Waals surface area contributed by atoms with E-state index in [0.717, 1.165) is 6.42 Å². The number of nitrogens with zero attached hydrogens (tertiary/aromatic N) is 1. The Bertz CT molecular complexity index is 231. The highest BCUT2D eigenvalue weighted by molar-refractivity contribution is 5.79. The van der Waals surface area contributed by atoms with Crippen LogP contribution >= 0.6 is 0 Å². The summed E-state index contributed by atoms with van der Waals surface area (Å²) in [5.74, 6) is 0.132. The molecule has 0 saturated carbocycles. The van der Waals surface area contributed by atoms with Crippen molar-refractivity contribution in [2.24, 2.45) is 0 Å². The minimum absolute atomic E-state index is 0.132. The van der Waals surface area contributed by atoms with Gasteiger partial charge in [0.05, 0.1) is 6.54 Å². The fourth-order valence-corrected chi connectivity index (χ4v) is 1.38. The van der Waals surface area contributed by atoms with Crippen molar-refractivity contribution in [3.8, 4) is 0 Å². The van der Waals surface area contributed by atoms with E-state index in [1.54, 1.807) is 6.08 Å². The van der Waals surface area contributed by atoms with Crippen LogP contribution in [-0.2, 0) is 4.79 Å². The SMILES string of the molecule is C=CCN(C(=O)CNC(C)CC)C(C)(C)C. The Hall–Kier alpha value is -0.830. The van der Waals surface area contributed by atoms with E-state index in [4.69, 9.17) is 0 Å². The van der Waals surface area contributed by atoms with Crippen LogP contribution in [0.2, 0.25) is 0 Å². The van der Waals surface area contributed by atoms with Crippen LogP contribution in [0.3, 0.4) is 0 Å². The van der Waals surface area contributed by atoms with Crippen molar-refractivity contribution < 1.29 is 4.79 Å². The molecule has 0 spiro atoms. The number of rotatable bonds is 6. The summed E-state index contributed by atoms with van der Waals surface area (Å²) in [4.78, 5) is 13.9. The van der Waals surface area contributed by atoms with Gasteiger partial charge in [-0.1, -0.05) is 13.0 Å². The maximum Gasteiger partial charge on any atom is 0.237 e. The number of carbonyl (C=O) groups excluding carboxylic acids is 1.